The van der Waals surface area contributed by atoms with Crippen LogP contribution in [-0.4, -0.2) is 23.5 Å². The molecule has 4 aromatic rings. The van der Waals surface area contributed by atoms with Gasteiger partial charge >= 0.3 is 0 Å². The van der Waals surface area contributed by atoms with Gasteiger partial charge in [0, 0.05) is 33.1 Å². The molecule has 0 saturated carbocycles. The highest BCUT2D eigenvalue weighted by Crippen LogP contribution is 2.34. The molecule has 0 bridgehead atoms. The van der Waals surface area contributed by atoms with E-state index in [-0.39, 0.29) is 16.2 Å². The number of nitrogens with one attached hydrogen (secondary N) is 2. The van der Waals surface area contributed by atoms with Crippen LogP contribution in [0.25, 0.3) is 4.96 Å². The SMILES string of the molecule is O=S(=O)(N[C@@H](C1=NNC(c2ccc(Cl)cc2)C1)c1ccc(Cl)cc1Cl)c1c(Cl)nc2sccn12. The molecule has 176 valence electrons. The van der Waals surface area contributed by atoms with E-state index >= 15 is 0 Å². The second-order valence-corrected chi connectivity index (χ2v) is 11.7. The number of thiazole rings is 1. The number of hydrogen-bond acceptors (Lipinski definition) is 6. The Bertz CT molecular complexity index is 1520. The Morgan fingerprint density at radius 1 is 1.09 bits per heavy atom. The number of rotatable bonds is 6. The molecular formula is C21H15Cl4N5O2S2. The van der Waals surface area contributed by atoms with Crippen molar-refractivity contribution < 1.29 is 8.42 Å². The van der Waals surface area contributed by atoms with Crippen molar-refractivity contribution in [3.8, 4) is 0 Å². The Morgan fingerprint density at radius 3 is 2.56 bits per heavy atom. The first kappa shape index (κ1) is 23.9. The summed E-state index contributed by atoms with van der Waals surface area (Å²) in [5, 5.41) is 7.27. The fraction of sp³-hybridized carbons (Fsp3) is 0.143. The van der Waals surface area contributed by atoms with Crippen LogP contribution in [0, 0.1) is 0 Å². The average Bonchev–Trinajstić information content (AvgIpc) is 3.49. The number of nitrogens with zero attached hydrogens (tertiary/aromatic N) is 3. The molecule has 1 unspecified atom stereocenters. The summed E-state index contributed by atoms with van der Waals surface area (Å²) in [4.78, 5) is 4.60. The summed E-state index contributed by atoms with van der Waals surface area (Å²) in [5.41, 5.74) is 5.10. The van der Waals surface area contributed by atoms with Gasteiger partial charge in [0.05, 0.1) is 17.8 Å². The summed E-state index contributed by atoms with van der Waals surface area (Å²) >= 11 is 26.1. The van der Waals surface area contributed by atoms with Crippen LogP contribution < -0.4 is 10.1 Å². The minimum atomic E-state index is -4.14. The van der Waals surface area contributed by atoms with Crippen LogP contribution in [0.15, 0.2) is 64.2 Å². The van der Waals surface area contributed by atoms with Gasteiger partial charge in [-0.15, -0.1) is 11.3 Å². The van der Waals surface area contributed by atoms with Gasteiger partial charge in [0.25, 0.3) is 10.0 Å². The molecule has 2 aromatic carbocycles. The van der Waals surface area contributed by atoms with Crippen molar-refractivity contribution >= 4 is 78.4 Å². The zero-order valence-electron chi connectivity index (χ0n) is 17.0. The maximum absolute atomic E-state index is 13.5. The highest BCUT2D eigenvalue weighted by Gasteiger charge is 2.34. The molecule has 1 aliphatic rings. The van der Waals surface area contributed by atoms with Crippen LogP contribution in [0.4, 0.5) is 0 Å². The quantitative estimate of drug-likeness (QED) is 0.290. The van der Waals surface area contributed by atoms with Crippen molar-refractivity contribution in [2.24, 2.45) is 5.10 Å². The Morgan fingerprint density at radius 2 is 1.82 bits per heavy atom. The standard InChI is InChI=1S/C21H15Cl4N5O2S2/c22-12-3-1-11(2-4-12)16-10-17(28-27-16)18(14-6-5-13(23)9-15(14)24)29-34(31,32)20-19(25)26-21-30(20)7-8-33-21/h1-9,16,18,27,29H,10H2/t16?,18-/m1/s1. The number of aromatic nitrogens is 2. The molecule has 13 heteroatoms. The van der Waals surface area contributed by atoms with E-state index in [4.69, 9.17) is 46.4 Å². The van der Waals surface area contributed by atoms with E-state index in [1.807, 2.05) is 12.1 Å². The smallest absolute Gasteiger partial charge is 0.260 e. The summed E-state index contributed by atoms with van der Waals surface area (Å²) < 4.78 is 31.2. The van der Waals surface area contributed by atoms with Gasteiger partial charge in [-0.25, -0.2) is 13.4 Å². The van der Waals surface area contributed by atoms with Gasteiger partial charge in [0.15, 0.2) is 15.1 Å². The van der Waals surface area contributed by atoms with Gasteiger partial charge in [-0.3, -0.25) is 4.40 Å². The Balaban J connectivity index is 1.52. The fourth-order valence-corrected chi connectivity index (χ4v) is 7.07. The van der Waals surface area contributed by atoms with Crippen molar-refractivity contribution in [2.75, 3.05) is 0 Å². The third-order valence-electron chi connectivity index (χ3n) is 5.36. The Hall–Kier alpha value is -1.85. The van der Waals surface area contributed by atoms with Gasteiger partial charge in [-0.2, -0.15) is 9.82 Å². The zero-order valence-corrected chi connectivity index (χ0v) is 21.7. The second kappa shape index (κ2) is 9.31. The predicted octanol–water partition coefficient (Wildman–Crippen LogP) is 6.12. The van der Waals surface area contributed by atoms with Gasteiger partial charge in [0.1, 0.15) is 0 Å². The van der Waals surface area contributed by atoms with Crippen molar-refractivity contribution in [3.63, 3.8) is 0 Å². The van der Waals surface area contributed by atoms with Crippen LogP contribution in [0.3, 0.4) is 0 Å². The Labute approximate surface area is 219 Å². The molecule has 0 radical (unpaired) electrons. The maximum atomic E-state index is 13.5. The lowest BCUT2D eigenvalue weighted by Gasteiger charge is -2.21. The summed E-state index contributed by atoms with van der Waals surface area (Å²) in [6.07, 6.45) is 2.03. The average molecular weight is 575 g/mol. The molecule has 2 N–H and O–H groups in total. The van der Waals surface area contributed by atoms with E-state index in [2.05, 4.69) is 20.2 Å². The van der Waals surface area contributed by atoms with Gasteiger partial charge in [0.2, 0.25) is 0 Å². The molecule has 3 heterocycles. The third kappa shape index (κ3) is 4.54. The van der Waals surface area contributed by atoms with E-state index in [9.17, 15) is 8.42 Å². The predicted molar refractivity (Wildman–Crippen MR) is 137 cm³/mol. The molecule has 2 aromatic heterocycles. The molecule has 1 aliphatic heterocycles. The first-order chi connectivity index (χ1) is 16.2. The van der Waals surface area contributed by atoms with E-state index in [1.54, 1.807) is 41.9 Å². The van der Waals surface area contributed by atoms with Gasteiger partial charge in [-0.05, 0) is 35.4 Å². The molecule has 7 nitrogen and oxygen atoms in total. The van der Waals surface area contributed by atoms with Crippen molar-refractivity contribution in [1.29, 1.82) is 0 Å². The van der Waals surface area contributed by atoms with Crippen molar-refractivity contribution in [2.45, 2.75) is 23.5 Å². The second-order valence-electron chi connectivity index (χ2n) is 7.52. The zero-order chi connectivity index (χ0) is 24.0. The summed E-state index contributed by atoms with van der Waals surface area (Å²) in [5.74, 6) is 0. The molecule has 0 saturated heterocycles. The lowest BCUT2D eigenvalue weighted by molar-refractivity contribution is 0.571. The van der Waals surface area contributed by atoms with E-state index in [0.29, 0.717) is 37.7 Å². The highest BCUT2D eigenvalue weighted by atomic mass is 35.5. The first-order valence-electron chi connectivity index (χ1n) is 9.89. The van der Waals surface area contributed by atoms with Crippen molar-refractivity contribution in [1.82, 2.24) is 19.5 Å². The topological polar surface area (TPSA) is 87.9 Å². The number of fused-ring (bicyclic) bond motifs is 1. The van der Waals surface area contributed by atoms with Crippen LogP contribution in [0.2, 0.25) is 20.2 Å². The van der Waals surface area contributed by atoms with Gasteiger partial charge < -0.3 is 5.43 Å². The lowest BCUT2D eigenvalue weighted by Crippen LogP contribution is -2.34. The normalized spacial score (nSPS) is 17.1. The largest absolute Gasteiger partial charge is 0.302 e. The maximum Gasteiger partial charge on any atom is 0.260 e. The number of imidazole rings is 1. The molecule has 0 fully saturated rings. The third-order valence-corrected chi connectivity index (χ3v) is 8.75. The summed E-state index contributed by atoms with van der Waals surface area (Å²) in [6, 6.07) is 11.2. The van der Waals surface area contributed by atoms with Crippen molar-refractivity contribution in [3.05, 3.63) is 85.4 Å². The molecular weight excluding hydrogens is 560 g/mol. The van der Waals surface area contributed by atoms with Crippen LogP contribution in [0.1, 0.15) is 29.6 Å². The molecule has 0 amide bonds. The minimum absolute atomic E-state index is 0.120. The fourth-order valence-electron chi connectivity index (χ4n) is 3.77. The van der Waals surface area contributed by atoms with E-state index < -0.39 is 16.1 Å². The lowest BCUT2D eigenvalue weighted by atomic mass is 9.96. The molecule has 5 rings (SSSR count). The number of sulfonamides is 1. The molecule has 0 spiro atoms. The van der Waals surface area contributed by atoms with Crippen LogP contribution >= 0.6 is 57.7 Å². The number of benzene rings is 2. The first-order valence-corrected chi connectivity index (χ1v) is 13.8. The monoisotopic (exact) mass is 573 g/mol. The summed E-state index contributed by atoms with van der Waals surface area (Å²) in [7, 11) is -4.14. The number of halogens is 4. The van der Waals surface area contributed by atoms with E-state index in [1.165, 1.54) is 15.7 Å². The van der Waals surface area contributed by atoms with E-state index in [0.717, 1.165) is 5.56 Å². The number of hydrogen-bond donors (Lipinski definition) is 2. The van der Waals surface area contributed by atoms with Crippen LogP contribution in [0.5, 0.6) is 0 Å². The summed E-state index contributed by atoms with van der Waals surface area (Å²) in [6.45, 7) is 0. The van der Waals surface area contributed by atoms with Gasteiger partial charge in [-0.1, -0.05) is 64.6 Å². The minimum Gasteiger partial charge on any atom is -0.302 e. The molecule has 2 atom stereocenters. The molecule has 34 heavy (non-hydrogen) atoms. The Kier molecular flexibility index (Phi) is 6.54. The van der Waals surface area contributed by atoms with Crippen LogP contribution in [-0.2, 0) is 10.0 Å². The molecule has 0 aliphatic carbocycles. The highest BCUT2D eigenvalue weighted by molar-refractivity contribution is 7.89. The number of hydrazone groups is 1.